The van der Waals surface area contributed by atoms with Gasteiger partial charge in [-0.25, -0.2) is 4.39 Å². The van der Waals surface area contributed by atoms with Crippen molar-refractivity contribution >= 4 is 17.3 Å². The van der Waals surface area contributed by atoms with Crippen molar-refractivity contribution in [1.29, 1.82) is 0 Å². The molecule has 1 atom stereocenters. The molecule has 0 bridgehead atoms. The van der Waals surface area contributed by atoms with Gasteiger partial charge in [-0.3, -0.25) is 4.79 Å². The van der Waals surface area contributed by atoms with Gasteiger partial charge < -0.3 is 10.6 Å². The van der Waals surface area contributed by atoms with Crippen LogP contribution in [0, 0.1) is 5.82 Å². The standard InChI is InChI=1S/C21H19FN2O/c1-15(16-6-3-2-4-7-16)23-19-10-12-20(13-11-19)24-21(25)17-8-5-9-18(22)14-17/h2-15,23H,1H3,(H,24,25). The topological polar surface area (TPSA) is 41.1 Å². The molecule has 1 unspecified atom stereocenters. The molecular formula is C21H19FN2O. The lowest BCUT2D eigenvalue weighted by Crippen LogP contribution is -2.12. The minimum atomic E-state index is -0.429. The van der Waals surface area contributed by atoms with Gasteiger partial charge in [-0.2, -0.15) is 0 Å². The highest BCUT2D eigenvalue weighted by atomic mass is 19.1. The van der Waals surface area contributed by atoms with Crippen LogP contribution < -0.4 is 10.6 Å². The fourth-order valence-electron chi connectivity index (χ4n) is 2.56. The number of anilines is 2. The minimum Gasteiger partial charge on any atom is -0.379 e. The predicted molar refractivity (Wildman–Crippen MR) is 99.3 cm³/mol. The fourth-order valence-corrected chi connectivity index (χ4v) is 2.56. The summed E-state index contributed by atoms with van der Waals surface area (Å²) in [5.74, 6) is -0.764. The van der Waals surface area contributed by atoms with E-state index in [-0.39, 0.29) is 11.9 Å². The molecule has 0 heterocycles. The van der Waals surface area contributed by atoms with Crippen LogP contribution in [0.5, 0.6) is 0 Å². The fraction of sp³-hybridized carbons (Fsp3) is 0.0952. The molecule has 0 saturated carbocycles. The van der Waals surface area contributed by atoms with Gasteiger partial charge in [-0.1, -0.05) is 36.4 Å². The lowest BCUT2D eigenvalue weighted by Gasteiger charge is -2.16. The highest BCUT2D eigenvalue weighted by Crippen LogP contribution is 2.21. The van der Waals surface area contributed by atoms with Gasteiger partial charge in [0.05, 0.1) is 0 Å². The number of amides is 1. The molecule has 0 aromatic heterocycles. The van der Waals surface area contributed by atoms with Crippen LogP contribution in [0.4, 0.5) is 15.8 Å². The maximum absolute atomic E-state index is 13.2. The summed E-state index contributed by atoms with van der Waals surface area (Å²) < 4.78 is 13.2. The molecule has 2 N–H and O–H groups in total. The van der Waals surface area contributed by atoms with Crippen LogP contribution in [-0.4, -0.2) is 5.91 Å². The Morgan fingerprint density at radius 3 is 2.24 bits per heavy atom. The molecule has 0 radical (unpaired) electrons. The van der Waals surface area contributed by atoms with E-state index in [2.05, 4.69) is 29.7 Å². The van der Waals surface area contributed by atoms with Gasteiger partial charge in [0, 0.05) is 23.0 Å². The van der Waals surface area contributed by atoms with Crippen molar-refractivity contribution in [2.75, 3.05) is 10.6 Å². The zero-order valence-electron chi connectivity index (χ0n) is 13.9. The second-order valence-corrected chi connectivity index (χ2v) is 5.82. The van der Waals surface area contributed by atoms with Gasteiger partial charge in [0.2, 0.25) is 0 Å². The van der Waals surface area contributed by atoms with E-state index in [1.807, 2.05) is 42.5 Å². The Morgan fingerprint density at radius 2 is 1.56 bits per heavy atom. The van der Waals surface area contributed by atoms with Gasteiger partial charge in [-0.05, 0) is 55.0 Å². The molecule has 3 aromatic carbocycles. The van der Waals surface area contributed by atoms with E-state index in [0.717, 1.165) is 5.69 Å². The quantitative estimate of drug-likeness (QED) is 0.669. The Morgan fingerprint density at radius 1 is 0.880 bits per heavy atom. The van der Waals surface area contributed by atoms with E-state index in [0.29, 0.717) is 11.3 Å². The van der Waals surface area contributed by atoms with Crippen molar-refractivity contribution in [3.05, 3.63) is 95.8 Å². The Bertz CT molecular complexity index is 847. The van der Waals surface area contributed by atoms with E-state index in [1.54, 1.807) is 6.07 Å². The summed E-state index contributed by atoms with van der Waals surface area (Å²) in [6, 6.07) is 23.4. The van der Waals surface area contributed by atoms with Crippen LogP contribution in [0.1, 0.15) is 28.9 Å². The number of hydrogen-bond donors (Lipinski definition) is 2. The highest BCUT2D eigenvalue weighted by Gasteiger charge is 2.08. The first-order chi connectivity index (χ1) is 12.1. The summed E-state index contributed by atoms with van der Waals surface area (Å²) in [5.41, 5.74) is 3.11. The molecule has 0 spiro atoms. The summed E-state index contributed by atoms with van der Waals surface area (Å²) in [5, 5.41) is 6.18. The zero-order chi connectivity index (χ0) is 17.6. The Kier molecular flexibility index (Phi) is 5.09. The normalized spacial score (nSPS) is 11.6. The van der Waals surface area contributed by atoms with E-state index in [4.69, 9.17) is 0 Å². The van der Waals surface area contributed by atoms with Gasteiger partial charge in [0.1, 0.15) is 5.82 Å². The third kappa shape index (κ3) is 4.44. The van der Waals surface area contributed by atoms with Gasteiger partial charge in [0.15, 0.2) is 0 Å². The maximum Gasteiger partial charge on any atom is 0.255 e. The molecule has 126 valence electrons. The Hall–Kier alpha value is -3.14. The van der Waals surface area contributed by atoms with Crippen LogP contribution in [-0.2, 0) is 0 Å². The lowest BCUT2D eigenvalue weighted by molar-refractivity contribution is 0.102. The third-order valence-electron chi connectivity index (χ3n) is 3.91. The number of benzene rings is 3. The molecule has 0 fully saturated rings. The molecule has 1 amide bonds. The van der Waals surface area contributed by atoms with Crippen molar-refractivity contribution in [1.82, 2.24) is 0 Å². The zero-order valence-corrected chi connectivity index (χ0v) is 13.9. The largest absolute Gasteiger partial charge is 0.379 e. The van der Waals surface area contributed by atoms with Gasteiger partial charge >= 0.3 is 0 Å². The van der Waals surface area contributed by atoms with Gasteiger partial charge in [0.25, 0.3) is 5.91 Å². The molecule has 25 heavy (non-hydrogen) atoms. The average Bonchev–Trinajstić information content (AvgIpc) is 2.64. The van der Waals surface area contributed by atoms with Crippen molar-refractivity contribution in [2.45, 2.75) is 13.0 Å². The second-order valence-electron chi connectivity index (χ2n) is 5.82. The summed E-state index contributed by atoms with van der Waals surface area (Å²) >= 11 is 0. The molecular weight excluding hydrogens is 315 g/mol. The monoisotopic (exact) mass is 334 g/mol. The van der Waals surface area contributed by atoms with E-state index < -0.39 is 5.82 Å². The Labute approximate surface area is 146 Å². The molecule has 3 rings (SSSR count). The van der Waals surface area contributed by atoms with Crippen LogP contribution in [0.25, 0.3) is 0 Å². The number of halogens is 1. The molecule has 0 saturated heterocycles. The maximum atomic E-state index is 13.2. The number of rotatable bonds is 5. The van der Waals surface area contributed by atoms with Crippen molar-refractivity contribution in [2.24, 2.45) is 0 Å². The van der Waals surface area contributed by atoms with Crippen LogP contribution in [0.2, 0.25) is 0 Å². The van der Waals surface area contributed by atoms with Crippen molar-refractivity contribution in [3.63, 3.8) is 0 Å². The van der Waals surface area contributed by atoms with Crippen molar-refractivity contribution in [3.8, 4) is 0 Å². The summed E-state index contributed by atoms with van der Waals surface area (Å²) in [6.45, 7) is 2.09. The SMILES string of the molecule is CC(Nc1ccc(NC(=O)c2cccc(F)c2)cc1)c1ccccc1. The highest BCUT2D eigenvalue weighted by molar-refractivity contribution is 6.04. The number of nitrogens with one attached hydrogen (secondary N) is 2. The lowest BCUT2D eigenvalue weighted by atomic mass is 10.1. The molecule has 0 aliphatic carbocycles. The summed E-state index contributed by atoms with van der Waals surface area (Å²) in [7, 11) is 0. The summed E-state index contributed by atoms with van der Waals surface area (Å²) in [6.07, 6.45) is 0. The predicted octanol–water partition coefficient (Wildman–Crippen LogP) is 5.25. The van der Waals surface area contributed by atoms with Gasteiger partial charge in [-0.15, -0.1) is 0 Å². The third-order valence-corrected chi connectivity index (χ3v) is 3.91. The van der Waals surface area contributed by atoms with E-state index in [9.17, 15) is 9.18 Å². The summed E-state index contributed by atoms with van der Waals surface area (Å²) in [4.78, 5) is 12.1. The van der Waals surface area contributed by atoms with Crippen LogP contribution in [0.3, 0.4) is 0 Å². The van der Waals surface area contributed by atoms with E-state index in [1.165, 1.54) is 23.8 Å². The van der Waals surface area contributed by atoms with Crippen LogP contribution in [0.15, 0.2) is 78.9 Å². The minimum absolute atomic E-state index is 0.175. The number of carbonyl (C=O) groups is 1. The second kappa shape index (κ2) is 7.62. The molecule has 0 aliphatic rings. The smallest absolute Gasteiger partial charge is 0.255 e. The first-order valence-corrected chi connectivity index (χ1v) is 8.10. The molecule has 4 heteroatoms. The number of hydrogen-bond acceptors (Lipinski definition) is 2. The van der Waals surface area contributed by atoms with Crippen LogP contribution >= 0.6 is 0 Å². The molecule has 3 aromatic rings. The first-order valence-electron chi connectivity index (χ1n) is 8.10. The molecule has 0 aliphatic heterocycles. The van der Waals surface area contributed by atoms with Crippen molar-refractivity contribution < 1.29 is 9.18 Å². The average molecular weight is 334 g/mol. The number of carbonyl (C=O) groups excluding carboxylic acids is 1. The molecule has 3 nitrogen and oxygen atoms in total. The van der Waals surface area contributed by atoms with E-state index >= 15 is 0 Å². The Balaban J connectivity index is 1.63. The first kappa shape index (κ1) is 16.7.